The van der Waals surface area contributed by atoms with E-state index in [1.54, 1.807) is 6.20 Å². The molecule has 84 valence electrons. The molecule has 3 rings (SSSR count). The van der Waals surface area contributed by atoms with Crippen LogP contribution < -0.4 is 9.64 Å². The van der Waals surface area contributed by atoms with Crippen molar-refractivity contribution in [3.05, 3.63) is 30.5 Å². The molecule has 17 heavy (non-hydrogen) atoms. The van der Waals surface area contributed by atoms with Gasteiger partial charge >= 0.3 is 0 Å². The van der Waals surface area contributed by atoms with Gasteiger partial charge in [0.25, 0.3) is 0 Å². The molecule has 4 nitrogen and oxygen atoms in total. The Balaban J connectivity index is 2.25. The number of nitrogens with zero attached hydrogens (tertiary/aromatic N) is 3. The van der Waals surface area contributed by atoms with E-state index in [2.05, 4.69) is 11.1 Å². The topological polar surface area (TPSA) is 49.2 Å². The fourth-order valence-electron chi connectivity index (χ4n) is 2.16. The SMILES string of the molecule is N#CCN1CCOc2cnc3ccccc3c21. The maximum absolute atomic E-state index is 8.87. The molecule has 0 bridgehead atoms. The number of hydrogen-bond acceptors (Lipinski definition) is 4. The van der Waals surface area contributed by atoms with Crippen LogP contribution in [0.2, 0.25) is 0 Å². The summed E-state index contributed by atoms with van der Waals surface area (Å²) in [5.41, 5.74) is 1.92. The molecule has 0 saturated carbocycles. The molecule has 0 saturated heterocycles. The summed E-state index contributed by atoms with van der Waals surface area (Å²) in [6.45, 7) is 1.73. The zero-order valence-corrected chi connectivity index (χ0v) is 9.26. The highest BCUT2D eigenvalue weighted by molar-refractivity contribution is 5.95. The highest BCUT2D eigenvalue weighted by Gasteiger charge is 2.20. The van der Waals surface area contributed by atoms with E-state index in [1.165, 1.54) is 0 Å². The predicted molar refractivity (Wildman–Crippen MR) is 65.1 cm³/mol. The van der Waals surface area contributed by atoms with E-state index in [9.17, 15) is 0 Å². The third-order valence-corrected chi connectivity index (χ3v) is 2.91. The number of anilines is 1. The number of aromatic nitrogens is 1. The number of benzene rings is 1. The minimum atomic E-state index is 0.379. The molecule has 0 amide bonds. The number of fused-ring (bicyclic) bond motifs is 3. The van der Waals surface area contributed by atoms with E-state index in [4.69, 9.17) is 10.00 Å². The highest BCUT2D eigenvalue weighted by Crippen LogP contribution is 2.36. The molecule has 1 aliphatic heterocycles. The average Bonchev–Trinajstić information content (AvgIpc) is 2.39. The lowest BCUT2D eigenvalue weighted by Gasteiger charge is -2.30. The van der Waals surface area contributed by atoms with Crippen LogP contribution in [-0.4, -0.2) is 24.7 Å². The molecule has 0 N–H and O–H groups in total. The first-order valence-electron chi connectivity index (χ1n) is 5.52. The molecule has 0 aliphatic carbocycles. The number of rotatable bonds is 1. The molecular formula is C13H11N3O. The van der Waals surface area contributed by atoms with Gasteiger partial charge in [0.05, 0.1) is 30.0 Å². The molecule has 0 unspecified atom stereocenters. The Morgan fingerprint density at radius 2 is 2.29 bits per heavy atom. The molecule has 0 spiro atoms. The van der Waals surface area contributed by atoms with Gasteiger partial charge in [0.1, 0.15) is 13.2 Å². The molecule has 0 fully saturated rings. The van der Waals surface area contributed by atoms with Gasteiger partial charge in [-0.25, -0.2) is 0 Å². The summed E-state index contributed by atoms with van der Waals surface area (Å²) >= 11 is 0. The summed E-state index contributed by atoms with van der Waals surface area (Å²) in [5, 5.41) is 9.91. The normalized spacial score (nSPS) is 13.9. The Bertz CT molecular complexity index is 603. The zero-order chi connectivity index (χ0) is 11.7. The molecular weight excluding hydrogens is 214 g/mol. The number of nitriles is 1. The van der Waals surface area contributed by atoms with Crippen LogP contribution in [-0.2, 0) is 0 Å². The van der Waals surface area contributed by atoms with Gasteiger partial charge in [-0.3, -0.25) is 4.98 Å². The van der Waals surface area contributed by atoms with E-state index < -0.39 is 0 Å². The molecule has 0 radical (unpaired) electrons. The summed E-state index contributed by atoms with van der Waals surface area (Å²) in [4.78, 5) is 6.40. The number of ether oxygens (including phenoxy) is 1. The second kappa shape index (κ2) is 3.95. The van der Waals surface area contributed by atoms with Crippen molar-refractivity contribution in [1.29, 1.82) is 5.26 Å². The third-order valence-electron chi connectivity index (χ3n) is 2.91. The van der Waals surface area contributed by atoms with Gasteiger partial charge in [-0.15, -0.1) is 0 Å². The Kier molecular flexibility index (Phi) is 2.30. The van der Waals surface area contributed by atoms with E-state index in [1.807, 2.05) is 29.2 Å². The fourth-order valence-corrected chi connectivity index (χ4v) is 2.16. The van der Waals surface area contributed by atoms with Gasteiger partial charge in [0.15, 0.2) is 5.75 Å². The van der Waals surface area contributed by atoms with Gasteiger partial charge in [-0.1, -0.05) is 18.2 Å². The summed E-state index contributed by atoms with van der Waals surface area (Å²) in [7, 11) is 0. The second-order valence-corrected chi connectivity index (χ2v) is 3.92. The molecule has 0 atom stereocenters. The van der Waals surface area contributed by atoms with Crippen LogP contribution in [0, 0.1) is 11.3 Å². The maximum atomic E-state index is 8.87. The van der Waals surface area contributed by atoms with Crippen molar-refractivity contribution in [2.75, 3.05) is 24.6 Å². The van der Waals surface area contributed by atoms with Gasteiger partial charge in [0, 0.05) is 5.39 Å². The standard InChI is InChI=1S/C13H11N3O/c14-5-6-16-7-8-17-12-9-15-11-4-2-1-3-10(11)13(12)16/h1-4,9H,6-8H2. The van der Waals surface area contributed by atoms with Crippen molar-refractivity contribution in [3.8, 4) is 11.8 Å². The minimum absolute atomic E-state index is 0.379. The van der Waals surface area contributed by atoms with E-state index >= 15 is 0 Å². The Morgan fingerprint density at radius 1 is 1.41 bits per heavy atom. The summed E-state index contributed by atoms with van der Waals surface area (Å²) in [6, 6.07) is 10.1. The Morgan fingerprint density at radius 3 is 3.18 bits per heavy atom. The molecule has 1 aliphatic rings. The van der Waals surface area contributed by atoms with Crippen LogP contribution in [0.5, 0.6) is 5.75 Å². The van der Waals surface area contributed by atoms with Crippen LogP contribution in [0.15, 0.2) is 30.5 Å². The van der Waals surface area contributed by atoms with E-state index in [0.717, 1.165) is 28.9 Å². The van der Waals surface area contributed by atoms with Crippen molar-refractivity contribution in [3.63, 3.8) is 0 Å². The van der Waals surface area contributed by atoms with Crippen molar-refractivity contribution < 1.29 is 4.74 Å². The van der Waals surface area contributed by atoms with Crippen molar-refractivity contribution in [2.45, 2.75) is 0 Å². The zero-order valence-electron chi connectivity index (χ0n) is 9.26. The average molecular weight is 225 g/mol. The van der Waals surface area contributed by atoms with Crippen molar-refractivity contribution in [2.24, 2.45) is 0 Å². The quantitative estimate of drug-likeness (QED) is 0.696. The lowest BCUT2D eigenvalue weighted by atomic mass is 10.1. The van der Waals surface area contributed by atoms with Crippen LogP contribution in [0.25, 0.3) is 10.9 Å². The Labute approximate surface area is 99.1 Å². The fraction of sp³-hybridized carbons (Fsp3) is 0.231. The van der Waals surface area contributed by atoms with Gasteiger partial charge in [-0.2, -0.15) is 5.26 Å². The highest BCUT2D eigenvalue weighted by atomic mass is 16.5. The van der Waals surface area contributed by atoms with Crippen LogP contribution >= 0.6 is 0 Å². The largest absolute Gasteiger partial charge is 0.488 e. The van der Waals surface area contributed by atoms with E-state index in [0.29, 0.717) is 13.2 Å². The third kappa shape index (κ3) is 1.56. The minimum Gasteiger partial charge on any atom is -0.488 e. The smallest absolute Gasteiger partial charge is 0.161 e. The molecule has 2 heterocycles. The first kappa shape index (κ1) is 9.91. The molecule has 2 aromatic rings. The lowest BCUT2D eigenvalue weighted by molar-refractivity contribution is 0.309. The molecule has 4 heteroatoms. The van der Waals surface area contributed by atoms with Gasteiger partial charge in [0.2, 0.25) is 0 Å². The maximum Gasteiger partial charge on any atom is 0.161 e. The molecule has 1 aromatic heterocycles. The number of hydrogen-bond donors (Lipinski definition) is 0. The van der Waals surface area contributed by atoms with Crippen molar-refractivity contribution in [1.82, 2.24) is 4.98 Å². The number of pyridine rings is 1. The number of para-hydroxylation sites is 1. The van der Waals surface area contributed by atoms with Gasteiger partial charge < -0.3 is 9.64 Å². The summed E-state index contributed by atoms with van der Waals surface area (Å²) < 4.78 is 5.59. The van der Waals surface area contributed by atoms with Crippen molar-refractivity contribution >= 4 is 16.6 Å². The first-order valence-corrected chi connectivity index (χ1v) is 5.52. The predicted octanol–water partition coefficient (Wildman–Crippen LogP) is 1.96. The lowest BCUT2D eigenvalue weighted by Crippen LogP contribution is -2.33. The Hall–Kier alpha value is -2.28. The first-order chi connectivity index (χ1) is 8.40. The van der Waals surface area contributed by atoms with Crippen LogP contribution in [0.4, 0.5) is 5.69 Å². The van der Waals surface area contributed by atoms with E-state index in [-0.39, 0.29) is 0 Å². The molecule has 1 aromatic carbocycles. The van der Waals surface area contributed by atoms with Gasteiger partial charge in [-0.05, 0) is 6.07 Å². The van der Waals surface area contributed by atoms with Crippen LogP contribution in [0.3, 0.4) is 0 Å². The monoisotopic (exact) mass is 225 g/mol. The summed E-state index contributed by atoms with van der Waals surface area (Å²) in [6.07, 6.45) is 1.74. The summed E-state index contributed by atoms with van der Waals surface area (Å²) in [5.74, 6) is 0.769. The van der Waals surface area contributed by atoms with Crippen LogP contribution in [0.1, 0.15) is 0 Å². The second-order valence-electron chi connectivity index (χ2n) is 3.92.